The number of sulfonamides is 1. The summed E-state index contributed by atoms with van der Waals surface area (Å²) >= 11 is 0. The second-order valence-electron chi connectivity index (χ2n) is 6.72. The van der Waals surface area contributed by atoms with Gasteiger partial charge in [-0.25, -0.2) is 8.42 Å². The largest absolute Gasteiger partial charge is 0.352 e. The minimum Gasteiger partial charge on any atom is -0.352 e. The minimum atomic E-state index is -3.38. The predicted molar refractivity (Wildman–Crippen MR) is 121 cm³/mol. The molecule has 0 unspecified atom stereocenters. The van der Waals surface area contributed by atoms with Gasteiger partial charge in [0.25, 0.3) is 11.8 Å². The van der Waals surface area contributed by atoms with Crippen molar-refractivity contribution in [1.82, 2.24) is 5.32 Å². The maximum Gasteiger partial charge on any atom is 0.255 e. The van der Waals surface area contributed by atoms with Gasteiger partial charge in [-0.3, -0.25) is 13.9 Å². The van der Waals surface area contributed by atoms with Gasteiger partial charge in [0.15, 0.2) is 0 Å². The molecule has 0 aromatic heterocycles. The van der Waals surface area contributed by atoms with Crippen LogP contribution in [0.15, 0.2) is 48.5 Å². The van der Waals surface area contributed by atoms with Crippen LogP contribution in [0.25, 0.3) is 0 Å². The van der Waals surface area contributed by atoms with Crippen LogP contribution in [0.2, 0.25) is 0 Å². The molecule has 8 heteroatoms. The second kappa shape index (κ2) is 10.8. The zero-order valence-corrected chi connectivity index (χ0v) is 18.5. The van der Waals surface area contributed by atoms with Crippen molar-refractivity contribution in [2.75, 3.05) is 28.5 Å². The van der Waals surface area contributed by atoms with Crippen molar-refractivity contribution < 1.29 is 18.0 Å². The fourth-order valence-corrected chi connectivity index (χ4v) is 4.08. The van der Waals surface area contributed by atoms with Gasteiger partial charge in [-0.2, -0.15) is 0 Å². The highest BCUT2D eigenvalue weighted by molar-refractivity contribution is 7.92. The van der Waals surface area contributed by atoms with Crippen molar-refractivity contribution in [3.8, 4) is 0 Å². The van der Waals surface area contributed by atoms with E-state index in [1.54, 1.807) is 62.4 Å². The van der Waals surface area contributed by atoms with Gasteiger partial charge in [0.05, 0.1) is 22.7 Å². The Morgan fingerprint density at radius 1 is 0.933 bits per heavy atom. The Balaban J connectivity index is 2.16. The number of benzene rings is 2. The lowest BCUT2D eigenvalue weighted by Crippen LogP contribution is -2.32. The minimum absolute atomic E-state index is 0.000180. The van der Waals surface area contributed by atoms with Gasteiger partial charge in [0, 0.05) is 18.7 Å². The van der Waals surface area contributed by atoms with Crippen LogP contribution in [0, 0.1) is 0 Å². The van der Waals surface area contributed by atoms with Crippen LogP contribution in [0.1, 0.15) is 54.3 Å². The molecule has 0 aliphatic rings. The third-order valence-electron chi connectivity index (χ3n) is 4.64. The van der Waals surface area contributed by atoms with Crippen LogP contribution in [0.3, 0.4) is 0 Å². The Morgan fingerprint density at radius 2 is 1.60 bits per heavy atom. The molecular formula is C22H29N3O4S. The van der Waals surface area contributed by atoms with E-state index in [9.17, 15) is 18.0 Å². The van der Waals surface area contributed by atoms with Crippen LogP contribution in [0.5, 0.6) is 0 Å². The van der Waals surface area contributed by atoms with E-state index in [2.05, 4.69) is 10.6 Å². The van der Waals surface area contributed by atoms with Crippen LogP contribution in [-0.2, 0) is 10.0 Å². The summed E-state index contributed by atoms with van der Waals surface area (Å²) in [5.41, 5.74) is 1.69. The highest BCUT2D eigenvalue weighted by atomic mass is 32.2. The van der Waals surface area contributed by atoms with Gasteiger partial charge < -0.3 is 10.6 Å². The van der Waals surface area contributed by atoms with E-state index in [-0.39, 0.29) is 17.6 Å². The summed E-state index contributed by atoms with van der Waals surface area (Å²) in [6, 6.07) is 13.2. The van der Waals surface area contributed by atoms with E-state index in [1.807, 2.05) is 6.92 Å². The zero-order valence-electron chi connectivity index (χ0n) is 17.6. The van der Waals surface area contributed by atoms with Crippen LogP contribution >= 0.6 is 0 Å². The van der Waals surface area contributed by atoms with Gasteiger partial charge >= 0.3 is 0 Å². The van der Waals surface area contributed by atoms with Crippen molar-refractivity contribution in [2.24, 2.45) is 0 Å². The Bertz CT molecular complexity index is 972. The first kappa shape index (κ1) is 23.4. The molecular weight excluding hydrogens is 402 g/mol. The van der Waals surface area contributed by atoms with Crippen LogP contribution in [-0.4, -0.2) is 39.1 Å². The summed E-state index contributed by atoms with van der Waals surface area (Å²) in [5.74, 6) is -0.616. The molecule has 0 saturated heterocycles. The smallest absolute Gasteiger partial charge is 0.255 e. The first-order valence-corrected chi connectivity index (χ1v) is 11.7. The number of carbonyl (C=O) groups excluding carboxylic acids is 2. The van der Waals surface area contributed by atoms with Crippen molar-refractivity contribution in [2.45, 2.75) is 33.6 Å². The maximum atomic E-state index is 12.7. The summed E-state index contributed by atoms with van der Waals surface area (Å²) in [7, 11) is -3.38. The fourth-order valence-electron chi connectivity index (χ4n) is 2.93. The Labute approximate surface area is 178 Å². The number of carbonyl (C=O) groups is 2. The van der Waals surface area contributed by atoms with Gasteiger partial charge in [-0.15, -0.1) is 0 Å². The normalized spacial score (nSPS) is 11.0. The lowest BCUT2D eigenvalue weighted by Gasteiger charge is -2.22. The molecule has 0 fully saturated rings. The van der Waals surface area contributed by atoms with Crippen molar-refractivity contribution in [3.63, 3.8) is 0 Å². The molecule has 0 spiro atoms. The number of anilines is 2. The monoisotopic (exact) mass is 431 g/mol. The van der Waals surface area contributed by atoms with E-state index >= 15 is 0 Å². The van der Waals surface area contributed by atoms with E-state index in [0.29, 0.717) is 35.6 Å². The Hall–Kier alpha value is -2.87. The van der Waals surface area contributed by atoms with E-state index in [0.717, 1.165) is 12.8 Å². The molecule has 2 aromatic rings. The molecule has 162 valence electrons. The Morgan fingerprint density at radius 3 is 2.20 bits per heavy atom. The molecule has 2 N–H and O–H groups in total. The first-order chi connectivity index (χ1) is 14.3. The molecule has 2 aromatic carbocycles. The summed E-state index contributed by atoms with van der Waals surface area (Å²) < 4.78 is 25.7. The van der Waals surface area contributed by atoms with E-state index in [1.165, 1.54) is 4.31 Å². The number of unbranched alkanes of at least 4 members (excludes halogenated alkanes) is 1. The fraction of sp³-hybridized carbons (Fsp3) is 0.364. The van der Waals surface area contributed by atoms with Crippen molar-refractivity contribution >= 4 is 33.2 Å². The van der Waals surface area contributed by atoms with Gasteiger partial charge in [0.1, 0.15) is 0 Å². The molecule has 0 saturated carbocycles. The average molecular weight is 432 g/mol. The maximum absolute atomic E-state index is 12.7. The van der Waals surface area contributed by atoms with Crippen molar-refractivity contribution in [3.05, 3.63) is 59.7 Å². The van der Waals surface area contributed by atoms with Crippen LogP contribution < -0.4 is 14.9 Å². The number of hydrogen-bond donors (Lipinski definition) is 2. The molecule has 0 aliphatic carbocycles. The highest BCUT2D eigenvalue weighted by Gasteiger charge is 2.19. The molecule has 30 heavy (non-hydrogen) atoms. The molecule has 0 atom stereocenters. The Kier molecular flexibility index (Phi) is 8.41. The number of nitrogens with zero attached hydrogens (tertiary/aromatic N) is 1. The van der Waals surface area contributed by atoms with E-state index in [4.69, 9.17) is 0 Å². The molecule has 0 radical (unpaired) electrons. The summed E-state index contributed by atoms with van der Waals surface area (Å²) in [6.07, 6.45) is 1.86. The zero-order chi connectivity index (χ0) is 22.1. The number of amides is 2. The molecule has 0 bridgehead atoms. The SMILES string of the molecule is CCCCNC(=O)c1ccccc1NC(=O)c1ccc(N(CC)S(=O)(=O)CC)cc1. The third-order valence-corrected chi connectivity index (χ3v) is 6.51. The standard InChI is InChI=1S/C22H29N3O4S/c1-4-7-16-23-22(27)19-10-8-9-11-20(19)24-21(26)17-12-14-18(15-13-17)25(5-2)30(28,29)6-3/h8-15H,4-7,16H2,1-3H3,(H,23,27)(H,24,26). The topological polar surface area (TPSA) is 95.6 Å². The predicted octanol–water partition coefficient (Wildman–Crippen LogP) is 3.64. The summed E-state index contributed by atoms with van der Waals surface area (Å²) in [4.78, 5) is 25.1. The van der Waals surface area contributed by atoms with Gasteiger partial charge in [0.2, 0.25) is 10.0 Å². The molecule has 0 aliphatic heterocycles. The van der Waals surface area contributed by atoms with Gasteiger partial charge in [-0.05, 0) is 56.7 Å². The number of para-hydroxylation sites is 1. The quantitative estimate of drug-likeness (QED) is 0.562. The molecule has 7 nitrogen and oxygen atoms in total. The first-order valence-electron chi connectivity index (χ1n) is 10.1. The number of hydrogen-bond acceptors (Lipinski definition) is 4. The number of rotatable bonds is 10. The third kappa shape index (κ3) is 5.82. The highest BCUT2D eigenvalue weighted by Crippen LogP contribution is 2.21. The van der Waals surface area contributed by atoms with Gasteiger partial charge in [-0.1, -0.05) is 25.5 Å². The number of nitrogens with one attached hydrogen (secondary N) is 2. The van der Waals surface area contributed by atoms with Crippen molar-refractivity contribution in [1.29, 1.82) is 0 Å². The molecule has 2 rings (SSSR count). The molecule has 0 heterocycles. The summed E-state index contributed by atoms with van der Waals surface area (Å²) in [5, 5.41) is 5.62. The van der Waals surface area contributed by atoms with E-state index < -0.39 is 10.0 Å². The summed E-state index contributed by atoms with van der Waals surface area (Å²) in [6.45, 7) is 6.28. The van der Waals surface area contributed by atoms with Crippen LogP contribution in [0.4, 0.5) is 11.4 Å². The molecule has 2 amide bonds. The second-order valence-corrected chi connectivity index (χ2v) is 8.90. The lowest BCUT2D eigenvalue weighted by atomic mass is 10.1. The average Bonchev–Trinajstić information content (AvgIpc) is 2.75. The lowest BCUT2D eigenvalue weighted by molar-refractivity contribution is 0.0954.